The van der Waals surface area contributed by atoms with E-state index in [2.05, 4.69) is 4.98 Å². The van der Waals surface area contributed by atoms with E-state index in [4.69, 9.17) is 19.9 Å². The van der Waals surface area contributed by atoms with Gasteiger partial charge in [-0.2, -0.15) is 0 Å². The van der Waals surface area contributed by atoms with Crippen molar-refractivity contribution < 1.29 is 19.0 Å². The number of rotatable bonds is 11. The Balaban J connectivity index is 1.86. The molecule has 1 saturated heterocycles. The Bertz CT molecular complexity index is 1040. The van der Waals surface area contributed by atoms with E-state index < -0.39 is 17.2 Å². The van der Waals surface area contributed by atoms with E-state index in [9.17, 15) is 14.4 Å². The zero-order valence-electron chi connectivity index (χ0n) is 19.2. The van der Waals surface area contributed by atoms with Crippen molar-refractivity contribution in [1.82, 2.24) is 9.55 Å². The Labute approximate surface area is 192 Å². The number of H-pyrrole nitrogens is 1. The van der Waals surface area contributed by atoms with Crippen molar-refractivity contribution in [3.63, 3.8) is 0 Å². The van der Waals surface area contributed by atoms with Gasteiger partial charge in [0.2, 0.25) is 0 Å². The molecule has 2 heterocycles. The molecule has 1 aliphatic heterocycles. The van der Waals surface area contributed by atoms with E-state index in [-0.39, 0.29) is 30.8 Å². The molecule has 3 rings (SSSR count). The van der Waals surface area contributed by atoms with Crippen LogP contribution in [0.15, 0.2) is 33.9 Å². The normalized spacial score (nSPS) is 15.5. The Hall–Kier alpha value is -3.11. The monoisotopic (exact) mass is 460 g/mol. The number of carbonyl (C=O) groups excluding carboxylic acids is 1. The zero-order chi connectivity index (χ0) is 23.8. The van der Waals surface area contributed by atoms with Crippen LogP contribution in [-0.4, -0.2) is 55.0 Å². The highest BCUT2D eigenvalue weighted by atomic mass is 16.5. The van der Waals surface area contributed by atoms with Crippen molar-refractivity contribution in [2.45, 2.75) is 45.3 Å². The highest BCUT2D eigenvalue weighted by Crippen LogP contribution is 2.22. The molecule has 1 unspecified atom stereocenters. The van der Waals surface area contributed by atoms with Crippen LogP contribution < -0.4 is 26.6 Å². The van der Waals surface area contributed by atoms with Crippen LogP contribution in [0.3, 0.4) is 0 Å². The molecule has 1 aliphatic rings. The summed E-state index contributed by atoms with van der Waals surface area (Å²) in [5.74, 6) is 0.143. The second-order valence-corrected chi connectivity index (χ2v) is 7.92. The maximum Gasteiger partial charge on any atom is 0.330 e. The lowest BCUT2D eigenvalue weighted by molar-refractivity contribution is 0.0679. The lowest BCUT2D eigenvalue weighted by atomic mass is 10.1. The van der Waals surface area contributed by atoms with Crippen LogP contribution in [0, 0.1) is 0 Å². The second-order valence-electron chi connectivity index (χ2n) is 7.92. The van der Waals surface area contributed by atoms with Gasteiger partial charge in [-0.15, -0.1) is 0 Å². The van der Waals surface area contributed by atoms with E-state index in [1.165, 1.54) is 16.6 Å². The molecular weight excluding hydrogens is 428 g/mol. The number of nitrogen functional groups attached to an aromatic ring is 1. The molecule has 2 aromatic rings. The van der Waals surface area contributed by atoms with Gasteiger partial charge in [-0.05, 0) is 43.5 Å². The molecule has 1 aromatic heterocycles. The molecule has 0 bridgehead atoms. The van der Waals surface area contributed by atoms with Crippen LogP contribution in [0.4, 0.5) is 11.5 Å². The second kappa shape index (κ2) is 11.7. The summed E-state index contributed by atoms with van der Waals surface area (Å²) in [6.45, 7) is 3.81. The van der Waals surface area contributed by atoms with Gasteiger partial charge in [-0.3, -0.25) is 24.0 Å². The number of hydrogen-bond donors (Lipinski definition) is 2. The molecule has 1 atom stereocenters. The number of unbranched alkanes of at least 4 members (excludes halogenated alkanes) is 1. The summed E-state index contributed by atoms with van der Waals surface area (Å²) in [6, 6.07) is 6.66. The molecule has 1 fully saturated rings. The first-order valence-electron chi connectivity index (χ1n) is 11.2. The molecule has 1 amide bonds. The number of anilines is 2. The zero-order valence-corrected chi connectivity index (χ0v) is 19.2. The molecule has 10 nitrogen and oxygen atoms in total. The number of aromatic nitrogens is 2. The van der Waals surface area contributed by atoms with Crippen molar-refractivity contribution >= 4 is 17.4 Å². The van der Waals surface area contributed by atoms with Gasteiger partial charge in [-0.1, -0.05) is 13.3 Å². The number of benzene rings is 1. The summed E-state index contributed by atoms with van der Waals surface area (Å²) in [5, 5.41) is 0. The molecule has 0 saturated carbocycles. The first-order valence-corrected chi connectivity index (χ1v) is 11.2. The van der Waals surface area contributed by atoms with Gasteiger partial charge in [0, 0.05) is 32.4 Å². The summed E-state index contributed by atoms with van der Waals surface area (Å²) >= 11 is 0. The van der Waals surface area contributed by atoms with E-state index in [1.54, 1.807) is 24.3 Å². The van der Waals surface area contributed by atoms with E-state index >= 15 is 0 Å². The minimum atomic E-state index is -0.716. The highest BCUT2D eigenvalue weighted by Gasteiger charge is 2.25. The Kier molecular flexibility index (Phi) is 8.67. The summed E-state index contributed by atoms with van der Waals surface area (Å²) in [4.78, 5) is 41.8. The van der Waals surface area contributed by atoms with Gasteiger partial charge >= 0.3 is 5.69 Å². The molecule has 180 valence electrons. The highest BCUT2D eigenvalue weighted by molar-refractivity contribution is 6.07. The van der Waals surface area contributed by atoms with Crippen molar-refractivity contribution in [2.24, 2.45) is 0 Å². The summed E-state index contributed by atoms with van der Waals surface area (Å²) in [7, 11) is 1.50. The lowest BCUT2D eigenvalue weighted by Gasteiger charge is -2.24. The third kappa shape index (κ3) is 6.02. The average molecular weight is 461 g/mol. The molecule has 0 aliphatic carbocycles. The van der Waals surface area contributed by atoms with Gasteiger partial charge in [0.05, 0.1) is 12.7 Å². The molecule has 0 radical (unpaired) electrons. The number of nitrogens with one attached hydrogen (secondary N) is 1. The van der Waals surface area contributed by atoms with Crippen molar-refractivity contribution in [2.75, 3.05) is 44.1 Å². The molecule has 33 heavy (non-hydrogen) atoms. The number of aromatic amines is 1. The number of hydrogen-bond acceptors (Lipinski definition) is 7. The largest absolute Gasteiger partial charge is 0.491 e. The Morgan fingerprint density at radius 1 is 1.30 bits per heavy atom. The predicted octanol–water partition coefficient (Wildman–Crippen LogP) is 1.77. The van der Waals surface area contributed by atoms with Crippen LogP contribution >= 0.6 is 0 Å². The van der Waals surface area contributed by atoms with E-state index in [0.29, 0.717) is 30.9 Å². The maximum absolute atomic E-state index is 13.4. The van der Waals surface area contributed by atoms with Crippen LogP contribution in [-0.2, 0) is 16.0 Å². The summed E-state index contributed by atoms with van der Waals surface area (Å²) in [5.41, 5.74) is 5.19. The Morgan fingerprint density at radius 3 is 2.70 bits per heavy atom. The first kappa shape index (κ1) is 24.5. The third-order valence-corrected chi connectivity index (χ3v) is 5.54. The number of amides is 1. The van der Waals surface area contributed by atoms with Gasteiger partial charge < -0.3 is 19.9 Å². The summed E-state index contributed by atoms with van der Waals surface area (Å²) in [6.07, 6.45) is 3.64. The van der Waals surface area contributed by atoms with Crippen LogP contribution in [0.25, 0.3) is 0 Å². The van der Waals surface area contributed by atoms with Gasteiger partial charge in [0.25, 0.3) is 11.5 Å². The standard InChI is InChI=1S/C23H32N4O6/c1-3-4-11-27-20(24)19(21(28)25-23(27)30)26(12-14-31-2)22(29)16-7-9-17(10-8-16)33-15-18-6-5-13-32-18/h7-10,18H,3-6,11-15,24H2,1-2H3,(H,25,28,30). The van der Waals surface area contributed by atoms with E-state index in [1.807, 2.05) is 6.92 Å². The molecule has 3 N–H and O–H groups in total. The molecule has 0 spiro atoms. The predicted molar refractivity (Wildman–Crippen MR) is 125 cm³/mol. The SMILES string of the molecule is CCCCn1c(N)c(N(CCOC)C(=O)c2ccc(OCC3CCCO3)cc2)c(=O)[nH]c1=O. The van der Waals surface area contributed by atoms with E-state index in [0.717, 1.165) is 25.9 Å². The average Bonchev–Trinajstić information content (AvgIpc) is 3.33. The number of carbonyl (C=O) groups is 1. The quantitative estimate of drug-likeness (QED) is 0.523. The summed E-state index contributed by atoms with van der Waals surface area (Å²) < 4.78 is 17.7. The number of nitrogens with zero attached hydrogens (tertiary/aromatic N) is 2. The van der Waals surface area contributed by atoms with Crippen molar-refractivity contribution in [3.05, 3.63) is 50.7 Å². The van der Waals surface area contributed by atoms with Gasteiger partial charge in [0.15, 0.2) is 5.69 Å². The molecule has 10 heteroatoms. The van der Waals surface area contributed by atoms with Gasteiger partial charge in [-0.25, -0.2) is 4.79 Å². The van der Waals surface area contributed by atoms with Crippen molar-refractivity contribution in [1.29, 1.82) is 0 Å². The number of nitrogens with two attached hydrogens (primary N) is 1. The van der Waals surface area contributed by atoms with Crippen LogP contribution in [0.1, 0.15) is 43.0 Å². The van der Waals surface area contributed by atoms with Crippen LogP contribution in [0.5, 0.6) is 5.75 Å². The number of methoxy groups -OCH3 is 1. The molecule has 1 aromatic carbocycles. The minimum Gasteiger partial charge on any atom is -0.491 e. The lowest BCUT2D eigenvalue weighted by Crippen LogP contribution is -2.42. The maximum atomic E-state index is 13.4. The third-order valence-electron chi connectivity index (χ3n) is 5.54. The topological polar surface area (TPSA) is 129 Å². The molecular formula is C23H32N4O6. The smallest absolute Gasteiger partial charge is 0.330 e. The van der Waals surface area contributed by atoms with Crippen LogP contribution in [0.2, 0.25) is 0 Å². The van der Waals surface area contributed by atoms with Gasteiger partial charge in [0.1, 0.15) is 18.2 Å². The first-order chi connectivity index (χ1) is 16.0. The fourth-order valence-electron chi connectivity index (χ4n) is 3.69. The fourth-order valence-corrected chi connectivity index (χ4v) is 3.69. The Morgan fingerprint density at radius 2 is 2.06 bits per heavy atom. The fraction of sp³-hybridized carbons (Fsp3) is 0.522. The van der Waals surface area contributed by atoms with Crippen molar-refractivity contribution in [3.8, 4) is 5.75 Å². The number of ether oxygens (including phenoxy) is 3. The minimum absolute atomic E-state index is 0.0434.